The van der Waals surface area contributed by atoms with Crippen molar-refractivity contribution in [3.63, 3.8) is 0 Å². The van der Waals surface area contributed by atoms with E-state index in [0.29, 0.717) is 34.9 Å². The molecule has 0 amide bonds. The third-order valence-electron chi connectivity index (χ3n) is 6.62. The molecular weight excluding hydrogens is 565 g/mol. The second kappa shape index (κ2) is 12.3. The van der Waals surface area contributed by atoms with E-state index in [-0.39, 0.29) is 12.1 Å². The Balaban J connectivity index is 1.41. The van der Waals surface area contributed by atoms with Crippen LogP contribution in [0.1, 0.15) is 22.5 Å². The van der Waals surface area contributed by atoms with Gasteiger partial charge >= 0.3 is 12.1 Å². The maximum absolute atomic E-state index is 14.6. The number of hydrogen-bond donors (Lipinski definition) is 2. The van der Waals surface area contributed by atoms with Crippen molar-refractivity contribution >= 4 is 23.8 Å². The van der Waals surface area contributed by atoms with Crippen molar-refractivity contribution in [3.05, 3.63) is 131 Å². The Labute approximate surface area is 243 Å². The molecule has 2 N–H and O–H groups in total. The minimum atomic E-state index is -4.43. The van der Waals surface area contributed by atoms with Crippen LogP contribution in [-0.4, -0.2) is 27.2 Å². The zero-order valence-corrected chi connectivity index (χ0v) is 22.4. The number of hydrogen-bond acceptors (Lipinski definition) is 3. The Kier molecular flexibility index (Phi) is 8.38. The smallest absolute Gasteiger partial charge is 0.416 e. The minimum absolute atomic E-state index is 0.133. The number of nitrogens with zero attached hydrogens (tertiary/aromatic N) is 2. The summed E-state index contributed by atoms with van der Waals surface area (Å²) >= 11 is 0. The third kappa shape index (κ3) is 7.34. The van der Waals surface area contributed by atoms with Crippen LogP contribution in [0.3, 0.4) is 0 Å². The lowest BCUT2D eigenvalue weighted by Gasteiger charge is -2.09. The number of carbonyl (C=O) groups is 1. The molecule has 0 saturated carbocycles. The van der Waals surface area contributed by atoms with E-state index in [4.69, 9.17) is 5.11 Å². The first-order valence-electron chi connectivity index (χ1n) is 13.1. The van der Waals surface area contributed by atoms with Gasteiger partial charge in [0.05, 0.1) is 11.3 Å². The molecule has 0 spiro atoms. The molecule has 1 aromatic heterocycles. The maximum Gasteiger partial charge on any atom is 0.416 e. The highest BCUT2D eigenvalue weighted by Crippen LogP contribution is 2.32. The average Bonchev–Trinajstić information content (AvgIpc) is 3.37. The van der Waals surface area contributed by atoms with Gasteiger partial charge in [0, 0.05) is 30.1 Å². The fourth-order valence-corrected chi connectivity index (χ4v) is 4.45. The largest absolute Gasteiger partial charge is 0.480 e. The minimum Gasteiger partial charge on any atom is -0.480 e. The highest BCUT2D eigenvalue weighted by molar-refractivity contribution is 5.73. The molecule has 0 aliphatic carbocycles. The molecule has 0 aliphatic rings. The number of carboxylic acids is 1. The highest BCUT2D eigenvalue weighted by Gasteiger charge is 2.30. The van der Waals surface area contributed by atoms with Crippen LogP contribution in [-0.2, 0) is 17.5 Å². The second-order valence-corrected chi connectivity index (χ2v) is 9.71. The van der Waals surface area contributed by atoms with Crippen molar-refractivity contribution in [2.75, 3.05) is 11.9 Å². The Bertz CT molecular complexity index is 1780. The first kappa shape index (κ1) is 29.2. The van der Waals surface area contributed by atoms with Gasteiger partial charge in [-0.15, -0.1) is 0 Å². The monoisotopic (exact) mass is 589 g/mol. The van der Waals surface area contributed by atoms with Crippen molar-refractivity contribution in [2.24, 2.45) is 0 Å². The molecule has 0 fully saturated rings. The Hall–Kier alpha value is -5.25. The van der Waals surface area contributed by atoms with Crippen LogP contribution in [0.25, 0.3) is 34.5 Å². The van der Waals surface area contributed by atoms with E-state index in [1.807, 2.05) is 12.1 Å². The lowest BCUT2D eigenvalue weighted by atomic mass is 10.0. The average molecular weight is 590 g/mol. The Morgan fingerprint density at radius 3 is 2.30 bits per heavy atom. The van der Waals surface area contributed by atoms with E-state index < -0.39 is 29.3 Å². The molecule has 10 heteroatoms. The summed E-state index contributed by atoms with van der Waals surface area (Å²) in [6.07, 6.45) is 0.727. The van der Waals surface area contributed by atoms with E-state index in [2.05, 4.69) is 10.3 Å². The van der Waals surface area contributed by atoms with Crippen LogP contribution < -0.4 is 5.32 Å². The van der Waals surface area contributed by atoms with Gasteiger partial charge < -0.3 is 15.0 Å². The second-order valence-electron chi connectivity index (χ2n) is 9.71. The summed E-state index contributed by atoms with van der Waals surface area (Å²) in [6, 6.07) is 22.5. The number of aromatic nitrogens is 2. The van der Waals surface area contributed by atoms with E-state index in [9.17, 15) is 26.7 Å². The number of imidazole rings is 1. The van der Waals surface area contributed by atoms with E-state index >= 15 is 0 Å². The summed E-state index contributed by atoms with van der Waals surface area (Å²) in [7, 11) is 0. The molecule has 0 aliphatic heterocycles. The Morgan fingerprint density at radius 2 is 1.63 bits per heavy atom. The molecule has 1 heterocycles. The van der Waals surface area contributed by atoms with Gasteiger partial charge in [-0.3, -0.25) is 4.79 Å². The SMILES string of the molecule is O=C(O)CNc1ccc(Cn2cc(-c3ccc(F)cc3F)nc2C=Cc2ccc(-c3cccc(C(F)(F)F)c3)cc2)cc1. The molecule has 5 rings (SSSR count). The van der Waals surface area contributed by atoms with Crippen LogP contribution >= 0.6 is 0 Å². The summed E-state index contributed by atoms with van der Waals surface area (Å²) in [6.45, 7) is 0.131. The molecule has 0 radical (unpaired) electrons. The summed E-state index contributed by atoms with van der Waals surface area (Å²) in [5, 5.41) is 11.6. The fourth-order valence-electron chi connectivity index (χ4n) is 4.45. The topological polar surface area (TPSA) is 67.2 Å². The molecule has 43 heavy (non-hydrogen) atoms. The number of halogens is 5. The van der Waals surface area contributed by atoms with Gasteiger partial charge in [-0.2, -0.15) is 13.2 Å². The van der Waals surface area contributed by atoms with Gasteiger partial charge in [0.2, 0.25) is 0 Å². The van der Waals surface area contributed by atoms with E-state index in [0.717, 1.165) is 35.4 Å². The summed E-state index contributed by atoms with van der Waals surface area (Å²) in [5.41, 5.74) is 3.04. The van der Waals surface area contributed by atoms with Crippen LogP contribution in [0.2, 0.25) is 0 Å². The molecule has 0 saturated heterocycles. The predicted octanol–water partition coefficient (Wildman–Crippen LogP) is 8.23. The molecule has 5 nitrogen and oxygen atoms in total. The van der Waals surface area contributed by atoms with Gasteiger partial charge in [0.1, 0.15) is 24.0 Å². The Morgan fingerprint density at radius 1 is 0.884 bits per heavy atom. The van der Waals surface area contributed by atoms with Gasteiger partial charge in [-0.05, 0) is 64.7 Å². The number of aliphatic carboxylic acids is 1. The van der Waals surface area contributed by atoms with Gasteiger partial charge in [-0.1, -0.05) is 54.6 Å². The van der Waals surface area contributed by atoms with Crippen molar-refractivity contribution in [1.29, 1.82) is 0 Å². The number of benzene rings is 4. The van der Waals surface area contributed by atoms with Crippen molar-refractivity contribution in [2.45, 2.75) is 12.7 Å². The van der Waals surface area contributed by atoms with Gasteiger partial charge in [0.25, 0.3) is 0 Å². The van der Waals surface area contributed by atoms with Crippen LogP contribution in [0.15, 0.2) is 97.2 Å². The molecular formula is C33H24F5N3O2. The highest BCUT2D eigenvalue weighted by atomic mass is 19.4. The first-order valence-corrected chi connectivity index (χ1v) is 13.1. The maximum atomic E-state index is 14.6. The van der Waals surface area contributed by atoms with E-state index in [1.165, 1.54) is 12.1 Å². The van der Waals surface area contributed by atoms with Crippen molar-refractivity contribution < 1.29 is 31.9 Å². The molecule has 0 bridgehead atoms. The number of nitrogens with one attached hydrogen (secondary N) is 1. The van der Waals surface area contributed by atoms with Crippen LogP contribution in [0, 0.1) is 11.6 Å². The standard InChI is InChI=1S/C33H24F5N3O2/c34-26-11-14-28(29(35)17-26)30-20-41(19-22-6-12-27(13-7-22)39-18-32(42)43)31(40-30)15-8-21-4-9-23(10-5-21)24-2-1-3-25(16-24)33(36,37)38/h1-17,20,39H,18-19H2,(H,42,43). The fraction of sp³-hybridized carbons (Fsp3) is 0.0909. The summed E-state index contributed by atoms with van der Waals surface area (Å²) < 4.78 is 69.3. The number of rotatable bonds is 9. The van der Waals surface area contributed by atoms with Gasteiger partial charge in [-0.25, -0.2) is 13.8 Å². The van der Waals surface area contributed by atoms with Crippen molar-refractivity contribution in [1.82, 2.24) is 9.55 Å². The normalized spacial score (nSPS) is 11.7. The number of alkyl halides is 3. The summed E-state index contributed by atoms with van der Waals surface area (Å²) in [5.74, 6) is -1.95. The molecule has 0 unspecified atom stereocenters. The lowest BCUT2D eigenvalue weighted by molar-refractivity contribution is -0.137. The lowest BCUT2D eigenvalue weighted by Crippen LogP contribution is -2.12. The molecule has 0 atom stereocenters. The zero-order chi connectivity index (χ0) is 30.6. The number of carboxylic acid groups (broad SMARTS) is 1. The van der Waals surface area contributed by atoms with Gasteiger partial charge in [0.15, 0.2) is 0 Å². The number of anilines is 1. The predicted molar refractivity (Wildman–Crippen MR) is 155 cm³/mol. The quantitative estimate of drug-likeness (QED) is 0.170. The first-order chi connectivity index (χ1) is 20.5. The molecule has 5 aromatic rings. The van der Waals surface area contributed by atoms with Crippen molar-refractivity contribution in [3.8, 4) is 22.4 Å². The summed E-state index contributed by atoms with van der Waals surface area (Å²) in [4.78, 5) is 15.4. The third-order valence-corrected chi connectivity index (χ3v) is 6.62. The molecule has 4 aromatic carbocycles. The van der Waals surface area contributed by atoms with Crippen LogP contribution in [0.5, 0.6) is 0 Å². The zero-order valence-electron chi connectivity index (χ0n) is 22.4. The molecule has 218 valence electrons. The van der Waals surface area contributed by atoms with Crippen LogP contribution in [0.4, 0.5) is 27.6 Å². The van der Waals surface area contributed by atoms with E-state index in [1.54, 1.807) is 65.4 Å².